The van der Waals surface area contributed by atoms with Gasteiger partial charge in [0, 0.05) is 11.6 Å². The van der Waals surface area contributed by atoms with Crippen molar-refractivity contribution in [2.24, 2.45) is 0 Å². The molecule has 1 N–H and O–H groups in total. The van der Waals surface area contributed by atoms with E-state index in [0.29, 0.717) is 6.42 Å². The van der Waals surface area contributed by atoms with Gasteiger partial charge in [-0.05, 0) is 30.5 Å². The zero-order valence-electron chi connectivity index (χ0n) is 11.0. The fraction of sp³-hybridized carbons (Fsp3) is 0.500. The normalized spacial score (nSPS) is 20.9. The largest absolute Gasteiger partial charge is 0.312 e. The van der Waals surface area contributed by atoms with Crippen molar-refractivity contribution < 1.29 is 4.79 Å². The number of nitrogens with one attached hydrogen (secondary N) is 1. The van der Waals surface area contributed by atoms with Crippen LogP contribution >= 0.6 is 11.6 Å². The number of carbonyl (C=O) groups is 1. The molecule has 0 radical (unpaired) electrons. The van der Waals surface area contributed by atoms with E-state index in [1.807, 2.05) is 6.07 Å². The second kappa shape index (κ2) is 4.19. The molecule has 1 amide bonds. The van der Waals surface area contributed by atoms with Gasteiger partial charge < -0.3 is 9.88 Å². The third kappa shape index (κ3) is 1.66. The Morgan fingerprint density at radius 3 is 2.90 bits per heavy atom. The van der Waals surface area contributed by atoms with Crippen LogP contribution in [-0.4, -0.2) is 20.4 Å². The van der Waals surface area contributed by atoms with Crippen LogP contribution in [0.1, 0.15) is 38.5 Å². The lowest BCUT2D eigenvalue weighted by atomic mass is 9.78. The predicted octanol–water partition coefficient (Wildman–Crippen LogP) is 3.09. The van der Waals surface area contributed by atoms with Crippen LogP contribution in [0.15, 0.2) is 12.3 Å². The van der Waals surface area contributed by atoms with Crippen molar-refractivity contribution in [3.63, 3.8) is 0 Å². The maximum atomic E-state index is 12.1. The maximum Gasteiger partial charge on any atom is 0.227 e. The summed E-state index contributed by atoms with van der Waals surface area (Å²) in [7, 11) is 0. The highest BCUT2D eigenvalue weighted by Gasteiger charge is 2.41. The first-order valence-corrected chi connectivity index (χ1v) is 7.40. The number of rotatable bonds is 0. The van der Waals surface area contributed by atoms with E-state index in [2.05, 4.69) is 19.9 Å². The molecule has 3 heterocycles. The summed E-state index contributed by atoms with van der Waals surface area (Å²) in [5.41, 5.74) is 0.705. The Labute approximate surface area is 121 Å². The number of nitrogens with zero attached hydrogens (tertiary/aromatic N) is 3. The van der Waals surface area contributed by atoms with E-state index >= 15 is 0 Å². The van der Waals surface area contributed by atoms with Crippen LogP contribution in [0.25, 0.3) is 11.0 Å². The molecule has 0 aromatic carbocycles. The quantitative estimate of drug-likeness (QED) is 0.759. The number of anilines is 1. The molecular weight excluding hydrogens is 276 g/mol. The lowest BCUT2D eigenvalue weighted by Crippen LogP contribution is -2.44. The predicted molar refractivity (Wildman–Crippen MR) is 76.8 cm³/mol. The van der Waals surface area contributed by atoms with Gasteiger partial charge in [-0.25, -0.2) is 4.98 Å². The van der Waals surface area contributed by atoms with Gasteiger partial charge in [0.15, 0.2) is 0 Å². The third-order valence-corrected chi connectivity index (χ3v) is 4.71. The van der Waals surface area contributed by atoms with E-state index in [9.17, 15) is 4.79 Å². The smallest absolute Gasteiger partial charge is 0.227 e. The van der Waals surface area contributed by atoms with Crippen LogP contribution in [0.2, 0.25) is 5.28 Å². The van der Waals surface area contributed by atoms with Crippen molar-refractivity contribution in [2.45, 2.75) is 44.1 Å². The number of aromatic nitrogens is 3. The second-order valence-electron chi connectivity index (χ2n) is 5.79. The first kappa shape index (κ1) is 12.1. The minimum atomic E-state index is -0.130. The number of halogens is 1. The highest BCUT2D eigenvalue weighted by Crippen LogP contribution is 2.45. The van der Waals surface area contributed by atoms with Crippen molar-refractivity contribution in [2.75, 3.05) is 5.32 Å². The van der Waals surface area contributed by atoms with Crippen LogP contribution in [0.4, 0.5) is 5.82 Å². The summed E-state index contributed by atoms with van der Waals surface area (Å²) in [5, 5.41) is 4.13. The van der Waals surface area contributed by atoms with Crippen molar-refractivity contribution >= 4 is 34.4 Å². The van der Waals surface area contributed by atoms with E-state index in [1.165, 1.54) is 6.42 Å². The molecule has 2 aromatic rings. The van der Waals surface area contributed by atoms with Gasteiger partial charge in [-0.15, -0.1) is 0 Å². The molecule has 5 nitrogen and oxygen atoms in total. The molecule has 1 spiro atoms. The van der Waals surface area contributed by atoms with Crippen LogP contribution < -0.4 is 5.32 Å². The lowest BCUT2D eigenvalue weighted by molar-refractivity contribution is -0.119. The van der Waals surface area contributed by atoms with Crippen molar-refractivity contribution in [3.8, 4) is 0 Å². The summed E-state index contributed by atoms with van der Waals surface area (Å²) >= 11 is 5.95. The van der Waals surface area contributed by atoms with Gasteiger partial charge in [0.1, 0.15) is 11.5 Å². The first-order valence-electron chi connectivity index (χ1n) is 7.02. The molecule has 0 bridgehead atoms. The van der Waals surface area contributed by atoms with Gasteiger partial charge in [-0.1, -0.05) is 19.3 Å². The molecule has 1 aliphatic carbocycles. The van der Waals surface area contributed by atoms with Gasteiger partial charge in [0.25, 0.3) is 0 Å². The summed E-state index contributed by atoms with van der Waals surface area (Å²) < 4.78 is 2.19. The fourth-order valence-corrected chi connectivity index (χ4v) is 3.84. The molecule has 1 saturated carbocycles. The van der Waals surface area contributed by atoms with E-state index in [1.54, 1.807) is 6.20 Å². The zero-order valence-corrected chi connectivity index (χ0v) is 11.8. The number of hydrogen-bond donors (Lipinski definition) is 1. The summed E-state index contributed by atoms with van der Waals surface area (Å²) in [5.74, 6) is 0.927. The molecule has 0 unspecified atom stereocenters. The SMILES string of the molecule is O=C1CC2(CCCCC2)n2c(cc3cnc(Cl)nc32)N1. The molecule has 1 aliphatic heterocycles. The molecule has 0 atom stereocenters. The van der Waals surface area contributed by atoms with Gasteiger partial charge in [-0.2, -0.15) is 4.98 Å². The molecule has 4 rings (SSSR count). The first-order chi connectivity index (χ1) is 9.68. The van der Waals surface area contributed by atoms with Crippen LogP contribution in [0, 0.1) is 0 Å². The van der Waals surface area contributed by atoms with Gasteiger partial charge >= 0.3 is 0 Å². The molecule has 104 valence electrons. The lowest BCUT2D eigenvalue weighted by Gasteiger charge is -2.42. The average Bonchev–Trinajstić information content (AvgIpc) is 2.77. The summed E-state index contributed by atoms with van der Waals surface area (Å²) in [6.07, 6.45) is 7.87. The Bertz CT molecular complexity index is 703. The number of fused-ring (bicyclic) bond motifs is 4. The second-order valence-corrected chi connectivity index (χ2v) is 6.13. The number of carbonyl (C=O) groups excluding carboxylic acids is 1. The van der Waals surface area contributed by atoms with Crippen LogP contribution in [-0.2, 0) is 10.3 Å². The van der Waals surface area contributed by atoms with Crippen molar-refractivity contribution in [1.29, 1.82) is 0 Å². The summed E-state index contributed by atoms with van der Waals surface area (Å²) in [6.45, 7) is 0. The Morgan fingerprint density at radius 2 is 2.10 bits per heavy atom. The summed E-state index contributed by atoms with van der Waals surface area (Å²) in [6, 6.07) is 1.94. The van der Waals surface area contributed by atoms with Crippen molar-refractivity contribution in [1.82, 2.24) is 14.5 Å². The van der Waals surface area contributed by atoms with Crippen LogP contribution in [0.5, 0.6) is 0 Å². The molecule has 0 saturated heterocycles. The maximum absolute atomic E-state index is 12.1. The minimum Gasteiger partial charge on any atom is -0.312 e. The zero-order chi connectivity index (χ0) is 13.7. The highest BCUT2D eigenvalue weighted by atomic mass is 35.5. The molecule has 2 aliphatic rings. The van der Waals surface area contributed by atoms with E-state index in [-0.39, 0.29) is 16.7 Å². The molecule has 20 heavy (non-hydrogen) atoms. The Morgan fingerprint density at radius 1 is 1.30 bits per heavy atom. The number of hydrogen-bond acceptors (Lipinski definition) is 3. The standard InChI is InChI=1S/C14H15ClN4O/c15-13-16-8-9-6-10-17-11(20)7-14(4-2-1-3-5-14)19(10)12(9)18-13/h6,8H,1-5,7H2,(H,17,20). The third-order valence-electron chi connectivity index (χ3n) is 4.53. The van der Waals surface area contributed by atoms with E-state index < -0.39 is 0 Å². The Balaban J connectivity index is 1.99. The number of amides is 1. The average molecular weight is 291 g/mol. The van der Waals surface area contributed by atoms with Gasteiger partial charge in [0.05, 0.1) is 12.0 Å². The topological polar surface area (TPSA) is 59.8 Å². The minimum absolute atomic E-state index is 0.0984. The molecular formula is C14H15ClN4O. The highest BCUT2D eigenvalue weighted by molar-refractivity contribution is 6.28. The van der Waals surface area contributed by atoms with Crippen LogP contribution in [0.3, 0.4) is 0 Å². The van der Waals surface area contributed by atoms with Crippen molar-refractivity contribution in [3.05, 3.63) is 17.5 Å². The van der Waals surface area contributed by atoms with Gasteiger partial charge in [-0.3, -0.25) is 4.79 Å². The summed E-state index contributed by atoms with van der Waals surface area (Å²) in [4.78, 5) is 20.5. The monoisotopic (exact) mass is 290 g/mol. The molecule has 1 fully saturated rings. The van der Waals surface area contributed by atoms with Gasteiger partial charge in [0.2, 0.25) is 11.2 Å². The molecule has 2 aromatic heterocycles. The Kier molecular flexibility index (Phi) is 2.54. The molecule has 6 heteroatoms. The van der Waals surface area contributed by atoms with E-state index in [0.717, 1.165) is 42.5 Å². The Hall–Kier alpha value is -1.62. The van der Waals surface area contributed by atoms with E-state index in [4.69, 9.17) is 11.6 Å². The fourth-order valence-electron chi connectivity index (χ4n) is 3.72.